The first kappa shape index (κ1) is 12.2. The summed E-state index contributed by atoms with van der Waals surface area (Å²) in [7, 11) is 0. The van der Waals surface area contributed by atoms with Crippen molar-refractivity contribution in [2.45, 2.75) is 20.8 Å². The lowest BCUT2D eigenvalue weighted by atomic mass is 10.0. The molecule has 4 nitrogen and oxygen atoms in total. The number of hydrogen-bond acceptors (Lipinski definition) is 3. The smallest absolute Gasteiger partial charge is 0.261 e. The first-order chi connectivity index (χ1) is 8.49. The molecule has 2 aromatic rings. The fraction of sp³-hybridized carbons (Fsp3) is 0.214. The molecule has 0 fully saturated rings. The highest BCUT2D eigenvalue weighted by Crippen LogP contribution is 2.28. The van der Waals surface area contributed by atoms with Crippen LogP contribution in [0.3, 0.4) is 0 Å². The van der Waals surface area contributed by atoms with Crippen LogP contribution in [0.5, 0.6) is 0 Å². The lowest BCUT2D eigenvalue weighted by molar-refractivity contribution is -0.385. The van der Waals surface area contributed by atoms with Crippen molar-refractivity contribution < 1.29 is 4.92 Å². The number of nitro groups is 1. The minimum atomic E-state index is -0.351. The summed E-state index contributed by atoms with van der Waals surface area (Å²) in [6.45, 7) is 5.65. The van der Waals surface area contributed by atoms with Crippen molar-refractivity contribution in [2.24, 2.45) is 0 Å². The SMILES string of the molecule is Cc1cc(C)c(-c2ccc(C)c([N+](=O)[O-])c2)cn1. The molecule has 0 atom stereocenters. The molecule has 2 rings (SSSR count). The van der Waals surface area contributed by atoms with Gasteiger partial charge in [0, 0.05) is 29.1 Å². The molecule has 0 aliphatic heterocycles. The first-order valence-corrected chi connectivity index (χ1v) is 5.67. The summed E-state index contributed by atoms with van der Waals surface area (Å²) in [6.07, 6.45) is 1.76. The van der Waals surface area contributed by atoms with E-state index in [-0.39, 0.29) is 10.6 Å². The van der Waals surface area contributed by atoms with Crippen molar-refractivity contribution in [1.29, 1.82) is 0 Å². The van der Waals surface area contributed by atoms with Gasteiger partial charge in [0.05, 0.1) is 4.92 Å². The van der Waals surface area contributed by atoms with Gasteiger partial charge in [-0.1, -0.05) is 12.1 Å². The molecule has 0 aliphatic rings. The molecule has 0 bridgehead atoms. The van der Waals surface area contributed by atoms with Crippen LogP contribution in [0.15, 0.2) is 30.5 Å². The molecule has 0 unspecified atom stereocenters. The normalized spacial score (nSPS) is 10.4. The van der Waals surface area contributed by atoms with Crippen molar-refractivity contribution in [2.75, 3.05) is 0 Å². The molecule has 0 aliphatic carbocycles. The summed E-state index contributed by atoms with van der Waals surface area (Å²) >= 11 is 0. The summed E-state index contributed by atoms with van der Waals surface area (Å²) in [6, 6.07) is 7.24. The minimum absolute atomic E-state index is 0.146. The average Bonchev–Trinajstić information content (AvgIpc) is 2.30. The average molecular weight is 242 g/mol. The van der Waals surface area contributed by atoms with Crippen LogP contribution in [0.4, 0.5) is 5.69 Å². The molecule has 1 heterocycles. The number of aromatic nitrogens is 1. The Kier molecular flexibility index (Phi) is 3.10. The Morgan fingerprint density at radius 1 is 1.11 bits per heavy atom. The molecule has 0 saturated carbocycles. The van der Waals surface area contributed by atoms with Gasteiger partial charge in [-0.2, -0.15) is 0 Å². The molecule has 0 spiro atoms. The van der Waals surface area contributed by atoms with Crippen molar-refractivity contribution in [1.82, 2.24) is 4.98 Å². The maximum absolute atomic E-state index is 10.9. The topological polar surface area (TPSA) is 56.0 Å². The van der Waals surface area contributed by atoms with E-state index >= 15 is 0 Å². The highest BCUT2D eigenvalue weighted by molar-refractivity contribution is 5.69. The van der Waals surface area contributed by atoms with E-state index in [4.69, 9.17) is 0 Å². The van der Waals surface area contributed by atoms with Crippen LogP contribution in [0.25, 0.3) is 11.1 Å². The van der Waals surface area contributed by atoms with Crippen molar-refractivity contribution in [3.63, 3.8) is 0 Å². The van der Waals surface area contributed by atoms with E-state index in [0.29, 0.717) is 5.56 Å². The van der Waals surface area contributed by atoms with Gasteiger partial charge in [0.1, 0.15) is 0 Å². The minimum Gasteiger partial charge on any atom is -0.261 e. The number of hydrogen-bond donors (Lipinski definition) is 0. The van der Waals surface area contributed by atoms with Gasteiger partial charge in [-0.15, -0.1) is 0 Å². The third-order valence-corrected chi connectivity index (χ3v) is 2.96. The van der Waals surface area contributed by atoms with Crippen LogP contribution in [-0.4, -0.2) is 9.91 Å². The van der Waals surface area contributed by atoms with E-state index in [1.54, 1.807) is 25.3 Å². The molecule has 0 saturated heterocycles. The third-order valence-electron chi connectivity index (χ3n) is 2.96. The fourth-order valence-corrected chi connectivity index (χ4v) is 1.97. The van der Waals surface area contributed by atoms with Crippen LogP contribution in [0, 0.1) is 30.9 Å². The van der Waals surface area contributed by atoms with E-state index < -0.39 is 0 Å². The van der Waals surface area contributed by atoms with Crippen LogP contribution < -0.4 is 0 Å². The second-order valence-electron chi connectivity index (χ2n) is 4.40. The van der Waals surface area contributed by atoms with E-state index in [0.717, 1.165) is 22.4 Å². The molecule has 92 valence electrons. The molecule has 1 aromatic heterocycles. The molecular formula is C14H14N2O2. The van der Waals surface area contributed by atoms with Crippen molar-refractivity contribution >= 4 is 5.69 Å². The summed E-state index contributed by atoms with van der Waals surface area (Å²) in [4.78, 5) is 14.8. The molecule has 4 heteroatoms. The molecular weight excluding hydrogens is 228 g/mol. The molecule has 1 aromatic carbocycles. The first-order valence-electron chi connectivity index (χ1n) is 5.67. The van der Waals surface area contributed by atoms with Gasteiger partial charge in [0.2, 0.25) is 0 Å². The van der Waals surface area contributed by atoms with Gasteiger partial charge in [0.15, 0.2) is 0 Å². The fourth-order valence-electron chi connectivity index (χ4n) is 1.97. The predicted octanol–water partition coefficient (Wildman–Crippen LogP) is 3.58. The molecule has 0 N–H and O–H groups in total. The number of aryl methyl sites for hydroxylation is 3. The quantitative estimate of drug-likeness (QED) is 0.597. The summed E-state index contributed by atoms with van der Waals surface area (Å²) in [5.74, 6) is 0. The lowest BCUT2D eigenvalue weighted by Gasteiger charge is -2.07. The van der Waals surface area contributed by atoms with Crippen molar-refractivity contribution in [3.8, 4) is 11.1 Å². The monoisotopic (exact) mass is 242 g/mol. The Morgan fingerprint density at radius 3 is 2.44 bits per heavy atom. The van der Waals surface area contributed by atoms with Crippen LogP contribution in [0.1, 0.15) is 16.8 Å². The van der Waals surface area contributed by atoms with Crippen LogP contribution in [0.2, 0.25) is 0 Å². The van der Waals surface area contributed by atoms with E-state index in [1.165, 1.54) is 0 Å². The standard InChI is InChI=1S/C14H14N2O2/c1-9-4-5-12(7-14(9)16(17)18)13-8-15-11(3)6-10(13)2/h4-8H,1-3H3. The molecule has 0 amide bonds. The second kappa shape index (κ2) is 4.56. The van der Waals surface area contributed by atoms with Gasteiger partial charge >= 0.3 is 0 Å². The highest BCUT2D eigenvalue weighted by atomic mass is 16.6. The summed E-state index contributed by atoms with van der Waals surface area (Å²) < 4.78 is 0. The molecule has 0 radical (unpaired) electrons. The van der Waals surface area contributed by atoms with E-state index in [1.807, 2.05) is 26.0 Å². The Bertz CT molecular complexity index is 621. The maximum atomic E-state index is 10.9. The van der Waals surface area contributed by atoms with Crippen molar-refractivity contribution in [3.05, 3.63) is 57.4 Å². The predicted molar refractivity (Wildman–Crippen MR) is 70.5 cm³/mol. The van der Waals surface area contributed by atoms with E-state index in [2.05, 4.69) is 4.98 Å². The Morgan fingerprint density at radius 2 is 1.83 bits per heavy atom. The second-order valence-corrected chi connectivity index (χ2v) is 4.40. The molecule has 18 heavy (non-hydrogen) atoms. The Hall–Kier alpha value is -2.23. The maximum Gasteiger partial charge on any atom is 0.272 e. The van der Waals surface area contributed by atoms with Gasteiger partial charge < -0.3 is 0 Å². The number of nitro benzene ring substituents is 1. The highest BCUT2D eigenvalue weighted by Gasteiger charge is 2.13. The van der Waals surface area contributed by atoms with E-state index in [9.17, 15) is 10.1 Å². The van der Waals surface area contributed by atoms with Gasteiger partial charge in [-0.25, -0.2) is 0 Å². The zero-order valence-corrected chi connectivity index (χ0v) is 10.6. The zero-order chi connectivity index (χ0) is 13.3. The Labute approximate surface area is 105 Å². The summed E-state index contributed by atoms with van der Waals surface area (Å²) in [5, 5.41) is 10.9. The van der Waals surface area contributed by atoms with Crippen LogP contribution >= 0.6 is 0 Å². The summed E-state index contributed by atoms with van der Waals surface area (Å²) in [5.41, 5.74) is 4.59. The zero-order valence-electron chi connectivity index (χ0n) is 10.6. The number of pyridine rings is 1. The number of rotatable bonds is 2. The number of nitrogens with zero attached hydrogens (tertiary/aromatic N) is 2. The van der Waals surface area contributed by atoms with Gasteiger partial charge in [0.25, 0.3) is 5.69 Å². The largest absolute Gasteiger partial charge is 0.272 e. The lowest BCUT2D eigenvalue weighted by Crippen LogP contribution is -1.94. The van der Waals surface area contributed by atoms with Gasteiger partial charge in [-0.3, -0.25) is 15.1 Å². The van der Waals surface area contributed by atoms with Gasteiger partial charge in [-0.05, 0) is 38.0 Å². The Balaban J connectivity index is 2.58. The van der Waals surface area contributed by atoms with Crippen LogP contribution in [-0.2, 0) is 0 Å². The number of benzene rings is 1. The third kappa shape index (κ3) is 2.22.